The van der Waals surface area contributed by atoms with E-state index in [1.807, 2.05) is 28.8 Å². The number of hydrogen-bond acceptors (Lipinski definition) is 7. The molecule has 0 aliphatic rings. The fraction of sp³-hybridized carbons (Fsp3) is 0.130. The number of aromatic nitrogens is 4. The van der Waals surface area contributed by atoms with Crippen molar-refractivity contribution in [1.82, 2.24) is 19.7 Å². The quantitative estimate of drug-likeness (QED) is 0.364. The summed E-state index contributed by atoms with van der Waals surface area (Å²) < 4.78 is 12.4. The molecule has 0 unspecified atom stereocenters. The van der Waals surface area contributed by atoms with Crippen molar-refractivity contribution in [1.29, 1.82) is 0 Å². The van der Waals surface area contributed by atoms with E-state index in [2.05, 4.69) is 20.5 Å². The first kappa shape index (κ1) is 22.6. The molecular formula is C23H20ClN5O3S. The van der Waals surface area contributed by atoms with Gasteiger partial charge in [-0.05, 0) is 36.4 Å². The largest absolute Gasteiger partial charge is 0.497 e. The van der Waals surface area contributed by atoms with E-state index < -0.39 is 0 Å². The number of amides is 1. The topological polar surface area (TPSA) is 91.2 Å². The monoisotopic (exact) mass is 481 g/mol. The Labute approximate surface area is 199 Å². The standard InChI is InChI=1S/C23H20ClN5O3S/c1-31-19-11-17(12-20(13-19)32-2)26-21(30)14-33-23-28-27-22(15-7-9-25-10-8-15)29(23)18-5-3-16(24)4-6-18/h3-13H,14H2,1-2H3,(H,26,30). The predicted octanol–water partition coefficient (Wildman–Crippen LogP) is 4.73. The van der Waals surface area contributed by atoms with E-state index in [1.54, 1.807) is 56.9 Å². The molecule has 0 aliphatic heterocycles. The molecule has 2 heterocycles. The molecule has 2 aromatic carbocycles. The van der Waals surface area contributed by atoms with Gasteiger partial charge in [-0.3, -0.25) is 14.3 Å². The fourth-order valence-electron chi connectivity index (χ4n) is 3.08. The summed E-state index contributed by atoms with van der Waals surface area (Å²) in [5, 5.41) is 12.7. The maximum atomic E-state index is 12.7. The fourth-order valence-corrected chi connectivity index (χ4v) is 3.96. The highest BCUT2D eigenvalue weighted by Gasteiger charge is 2.17. The Bertz CT molecular complexity index is 1230. The normalized spacial score (nSPS) is 10.6. The zero-order chi connectivity index (χ0) is 23.2. The Balaban J connectivity index is 1.56. The molecule has 0 fully saturated rings. The van der Waals surface area contributed by atoms with Crippen molar-refractivity contribution in [2.24, 2.45) is 0 Å². The molecule has 0 saturated heterocycles. The van der Waals surface area contributed by atoms with Crippen LogP contribution in [0.3, 0.4) is 0 Å². The average molecular weight is 482 g/mol. The van der Waals surface area contributed by atoms with Crippen LogP contribution in [0.2, 0.25) is 5.02 Å². The van der Waals surface area contributed by atoms with Crippen LogP contribution in [0.15, 0.2) is 72.1 Å². The molecule has 168 valence electrons. The van der Waals surface area contributed by atoms with Crippen LogP contribution in [0.4, 0.5) is 5.69 Å². The lowest BCUT2D eigenvalue weighted by Crippen LogP contribution is -2.14. The van der Waals surface area contributed by atoms with Crippen LogP contribution in [0.25, 0.3) is 17.1 Å². The molecule has 0 radical (unpaired) electrons. The number of carbonyl (C=O) groups excluding carboxylic acids is 1. The molecule has 0 spiro atoms. The van der Waals surface area contributed by atoms with Crippen molar-refractivity contribution in [2.75, 3.05) is 25.3 Å². The molecule has 1 N–H and O–H groups in total. The van der Waals surface area contributed by atoms with Gasteiger partial charge in [-0.2, -0.15) is 0 Å². The van der Waals surface area contributed by atoms with Gasteiger partial charge in [-0.15, -0.1) is 10.2 Å². The number of ether oxygens (including phenoxy) is 2. The molecule has 2 aromatic heterocycles. The first-order valence-corrected chi connectivity index (χ1v) is 11.2. The van der Waals surface area contributed by atoms with Crippen LogP contribution in [0, 0.1) is 0 Å². The summed E-state index contributed by atoms with van der Waals surface area (Å²) in [6, 6.07) is 16.2. The van der Waals surface area contributed by atoms with E-state index in [-0.39, 0.29) is 11.7 Å². The van der Waals surface area contributed by atoms with E-state index in [9.17, 15) is 4.79 Å². The summed E-state index contributed by atoms with van der Waals surface area (Å²) in [5.74, 6) is 1.73. The van der Waals surface area contributed by atoms with Crippen molar-refractivity contribution in [3.05, 3.63) is 72.0 Å². The first-order valence-electron chi connectivity index (χ1n) is 9.85. The van der Waals surface area contributed by atoms with E-state index in [0.717, 1.165) is 11.3 Å². The van der Waals surface area contributed by atoms with E-state index >= 15 is 0 Å². The number of rotatable bonds is 8. The second kappa shape index (κ2) is 10.4. The average Bonchev–Trinajstić information content (AvgIpc) is 3.27. The van der Waals surface area contributed by atoms with E-state index in [1.165, 1.54) is 11.8 Å². The maximum absolute atomic E-state index is 12.7. The molecular weight excluding hydrogens is 462 g/mol. The highest BCUT2D eigenvalue weighted by molar-refractivity contribution is 7.99. The summed E-state index contributed by atoms with van der Waals surface area (Å²) >= 11 is 7.34. The maximum Gasteiger partial charge on any atom is 0.234 e. The molecule has 0 bridgehead atoms. The predicted molar refractivity (Wildman–Crippen MR) is 128 cm³/mol. The van der Waals surface area contributed by atoms with Gasteiger partial charge in [0.2, 0.25) is 5.91 Å². The second-order valence-electron chi connectivity index (χ2n) is 6.79. The van der Waals surface area contributed by atoms with Crippen LogP contribution in [0.5, 0.6) is 11.5 Å². The number of nitrogens with zero attached hydrogens (tertiary/aromatic N) is 4. The Morgan fingerprint density at radius 2 is 1.67 bits per heavy atom. The molecule has 4 rings (SSSR count). The third-order valence-corrected chi connectivity index (χ3v) is 5.81. The van der Waals surface area contributed by atoms with Crippen LogP contribution < -0.4 is 14.8 Å². The summed E-state index contributed by atoms with van der Waals surface area (Å²) in [7, 11) is 3.11. The molecule has 1 amide bonds. The summed E-state index contributed by atoms with van der Waals surface area (Å²) in [4.78, 5) is 16.7. The minimum atomic E-state index is -0.202. The minimum Gasteiger partial charge on any atom is -0.497 e. The van der Waals surface area contributed by atoms with Gasteiger partial charge in [-0.1, -0.05) is 23.4 Å². The Hall–Kier alpha value is -3.56. The van der Waals surface area contributed by atoms with Gasteiger partial charge in [0.05, 0.1) is 20.0 Å². The highest BCUT2D eigenvalue weighted by Crippen LogP contribution is 2.29. The zero-order valence-corrected chi connectivity index (χ0v) is 19.4. The molecule has 33 heavy (non-hydrogen) atoms. The van der Waals surface area contributed by atoms with Crippen molar-refractivity contribution < 1.29 is 14.3 Å². The van der Waals surface area contributed by atoms with Crippen LogP contribution in [0.1, 0.15) is 0 Å². The smallest absolute Gasteiger partial charge is 0.234 e. The number of benzene rings is 2. The van der Waals surface area contributed by atoms with Crippen LogP contribution >= 0.6 is 23.4 Å². The number of hydrogen-bond donors (Lipinski definition) is 1. The van der Waals surface area contributed by atoms with Gasteiger partial charge in [0.1, 0.15) is 11.5 Å². The third-order valence-electron chi connectivity index (χ3n) is 4.62. The second-order valence-corrected chi connectivity index (χ2v) is 8.17. The number of halogens is 1. The van der Waals surface area contributed by atoms with E-state index in [4.69, 9.17) is 21.1 Å². The Kier molecular flexibility index (Phi) is 7.11. The molecule has 8 nitrogen and oxygen atoms in total. The Morgan fingerprint density at radius 1 is 1.00 bits per heavy atom. The minimum absolute atomic E-state index is 0.127. The Morgan fingerprint density at radius 3 is 2.30 bits per heavy atom. The number of nitrogens with one attached hydrogen (secondary N) is 1. The van der Waals surface area contributed by atoms with Gasteiger partial charge in [0.15, 0.2) is 11.0 Å². The lowest BCUT2D eigenvalue weighted by Gasteiger charge is -2.11. The van der Waals surface area contributed by atoms with Crippen molar-refractivity contribution >= 4 is 35.0 Å². The number of carbonyl (C=O) groups is 1. The van der Waals surface area contributed by atoms with E-state index in [0.29, 0.717) is 33.2 Å². The lowest BCUT2D eigenvalue weighted by molar-refractivity contribution is -0.113. The van der Waals surface area contributed by atoms with Crippen LogP contribution in [-0.2, 0) is 4.79 Å². The summed E-state index contributed by atoms with van der Waals surface area (Å²) in [5.41, 5.74) is 2.26. The molecule has 10 heteroatoms. The number of anilines is 1. The van der Waals surface area contributed by atoms with Crippen molar-refractivity contribution in [3.63, 3.8) is 0 Å². The molecule has 0 aliphatic carbocycles. The molecule has 4 aromatic rings. The zero-order valence-electron chi connectivity index (χ0n) is 17.9. The number of pyridine rings is 1. The van der Waals surface area contributed by atoms with Gasteiger partial charge >= 0.3 is 0 Å². The number of methoxy groups -OCH3 is 2. The SMILES string of the molecule is COc1cc(NC(=O)CSc2nnc(-c3ccncc3)n2-c2ccc(Cl)cc2)cc(OC)c1. The highest BCUT2D eigenvalue weighted by atomic mass is 35.5. The lowest BCUT2D eigenvalue weighted by atomic mass is 10.2. The van der Waals surface area contributed by atoms with Gasteiger partial charge < -0.3 is 14.8 Å². The third kappa shape index (κ3) is 5.44. The van der Waals surface area contributed by atoms with Crippen molar-refractivity contribution in [3.8, 4) is 28.6 Å². The first-order chi connectivity index (χ1) is 16.1. The van der Waals surface area contributed by atoms with Crippen molar-refractivity contribution in [2.45, 2.75) is 5.16 Å². The molecule has 0 saturated carbocycles. The summed E-state index contributed by atoms with van der Waals surface area (Å²) in [6.45, 7) is 0. The summed E-state index contributed by atoms with van der Waals surface area (Å²) in [6.07, 6.45) is 3.39. The molecule has 0 atom stereocenters. The van der Waals surface area contributed by atoms with Gasteiger partial charge in [0.25, 0.3) is 0 Å². The van der Waals surface area contributed by atoms with Crippen LogP contribution in [-0.4, -0.2) is 45.6 Å². The van der Waals surface area contributed by atoms with Gasteiger partial charge in [0, 0.05) is 52.6 Å². The van der Waals surface area contributed by atoms with Gasteiger partial charge in [-0.25, -0.2) is 0 Å². The number of thioether (sulfide) groups is 1.